The maximum atomic E-state index is 13.5. The minimum atomic E-state index is -0.0197. The normalized spacial score (nSPS) is 23.1. The molecule has 3 heterocycles. The van der Waals surface area contributed by atoms with Crippen LogP contribution < -0.4 is 4.74 Å². The highest BCUT2D eigenvalue weighted by atomic mass is 16.5. The summed E-state index contributed by atoms with van der Waals surface area (Å²) in [5.41, 5.74) is 0.908. The zero-order valence-electron chi connectivity index (χ0n) is 23.1. The number of nitrogens with zero attached hydrogens (tertiary/aromatic N) is 4. The van der Waals surface area contributed by atoms with Crippen molar-refractivity contribution in [1.82, 2.24) is 19.6 Å². The molecular formula is C30H44N4O4. The van der Waals surface area contributed by atoms with E-state index in [2.05, 4.69) is 24.9 Å². The number of likely N-dealkylation sites (N-methyl/N-ethyl adjacent to an activating group) is 1. The molecule has 3 amide bonds. The van der Waals surface area contributed by atoms with Crippen LogP contribution in [0, 0.1) is 11.8 Å². The summed E-state index contributed by atoms with van der Waals surface area (Å²) < 4.78 is 6.11. The number of rotatable bonds is 6. The summed E-state index contributed by atoms with van der Waals surface area (Å²) >= 11 is 0. The van der Waals surface area contributed by atoms with Crippen LogP contribution in [0.2, 0.25) is 0 Å². The van der Waals surface area contributed by atoms with Crippen LogP contribution in [0.3, 0.4) is 0 Å². The van der Waals surface area contributed by atoms with Crippen molar-refractivity contribution in [1.29, 1.82) is 0 Å². The first kappa shape index (κ1) is 28.1. The number of carbonyl (C=O) groups excluding carboxylic acids is 3. The number of piperidine rings is 1. The Balaban J connectivity index is 1.49. The molecule has 2 atom stereocenters. The van der Waals surface area contributed by atoms with Crippen LogP contribution in [-0.4, -0.2) is 96.8 Å². The summed E-state index contributed by atoms with van der Waals surface area (Å²) in [6.45, 7) is 7.53. The van der Waals surface area contributed by atoms with Gasteiger partial charge >= 0.3 is 0 Å². The first-order valence-corrected chi connectivity index (χ1v) is 14.3. The van der Waals surface area contributed by atoms with Gasteiger partial charge in [0.2, 0.25) is 17.7 Å². The fourth-order valence-electron chi connectivity index (χ4n) is 5.67. The number of para-hydroxylation sites is 1. The first-order valence-electron chi connectivity index (χ1n) is 14.3. The molecular weight excluding hydrogens is 480 g/mol. The van der Waals surface area contributed by atoms with Crippen LogP contribution in [0.1, 0.15) is 51.0 Å². The maximum Gasteiger partial charge on any atom is 0.242 e. The number of hydrogen-bond acceptors (Lipinski definition) is 5. The molecule has 2 fully saturated rings. The second-order valence-corrected chi connectivity index (χ2v) is 11.0. The summed E-state index contributed by atoms with van der Waals surface area (Å²) in [7, 11) is 2.09. The second kappa shape index (κ2) is 13.8. The summed E-state index contributed by atoms with van der Waals surface area (Å²) in [5, 5.41) is 0. The Kier molecular flexibility index (Phi) is 10.2. The standard InChI is InChI=1S/C30H44N4O4/c1-3-4-5-12-28(35)34-22-26-9-6-7-11-27(26)38-19-8-10-25-21-33(30(37)23-34)14-13-24(25)20-29(36)32-17-15-31(2)16-18-32/h6-11,24-25H,3-5,12-23H2,1-2H3/t24-,25-/m0/s1. The molecule has 208 valence electrons. The monoisotopic (exact) mass is 524 g/mol. The molecule has 2 saturated heterocycles. The lowest BCUT2D eigenvalue weighted by Gasteiger charge is -2.39. The molecule has 0 aliphatic carbocycles. The van der Waals surface area contributed by atoms with Gasteiger partial charge in [-0.05, 0) is 37.8 Å². The topological polar surface area (TPSA) is 73.4 Å². The van der Waals surface area contributed by atoms with Crippen molar-refractivity contribution in [3.63, 3.8) is 0 Å². The number of ether oxygens (including phenoxy) is 1. The average molecular weight is 525 g/mol. The lowest BCUT2D eigenvalue weighted by Crippen LogP contribution is -2.50. The van der Waals surface area contributed by atoms with E-state index in [1.54, 1.807) is 4.90 Å². The molecule has 0 N–H and O–H groups in total. The molecule has 38 heavy (non-hydrogen) atoms. The Morgan fingerprint density at radius 2 is 1.76 bits per heavy atom. The largest absolute Gasteiger partial charge is 0.489 e. The van der Waals surface area contributed by atoms with Gasteiger partial charge in [0.05, 0.1) is 0 Å². The quantitative estimate of drug-likeness (QED) is 0.422. The molecule has 0 unspecified atom stereocenters. The Labute approximate surface area is 227 Å². The van der Waals surface area contributed by atoms with Crippen molar-refractivity contribution in [2.24, 2.45) is 11.8 Å². The molecule has 2 bridgehead atoms. The second-order valence-electron chi connectivity index (χ2n) is 11.0. The van der Waals surface area contributed by atoms with Crippen LogP contribution in [0.25, 0.3) is 0 Å². The molecule has 8 nitrogen and oxygen atoms in total. The minimum absolute atomic E-state index is 0.0128. The maximum absolute atomic E-state index is 13.5. The van der Waals surface area contributed by atoms with E-state index >= 15 is 0 Å². The minimum Gasteiger partial charge on any atom is -0.489 e. The van der Waals surface area contributed by atoms with Crippen LogP contribution in [0.5, 0.6) is 5.75 Å². The summed E-state index contributed by atoms with van der Waals surface area (Å²) in [5.74, 6) is 1.21. The van der Waals surface area contributed by atoms with Crippen LogP contribution >= 0.6 is 0 Å². The van der Waals surface area contributed by atoms with Gasteiger partial charge in [0.1, 0.15) is 18.9 Å². The van der Waals surface area contributed by atoms with Crippen molar-refractivity contribution in [2.75, 3.05) is 59.5 Å². The van der Waals surface area contributed by atoms with Gasteiger partial charge in [0.25, 0.3) is 0 Å². The molecule has 0 spiro atoms. The molecule has 4 rings (SSSR count). The van der Waals surface area contributed by atoms with E-state index in [0.717, 1.165) is 63.2 Å². The number of amides is 3. The van der Waals surface area contributed by atoms with Crippen molar-refractivity contribution in [3.8, 4) is 5.75 Å². The third kappa shape index (κ3) is 7.59. The van der Waals surface area contributed by atoms with E-state index in [1.165, 1.54) is 0 Å². The van der Waals surface area contributed by atoms with Crippen LogP contribution in [0.4, 0.5) is 0 Å². The number of unbranched alkanes of at least 4 members (excludes halogenated alkanes) is 2. The number of piperazine rings is 1. The highest BCUT2D eigenvalue weighted by Gasteiger charge is 2.34. The Bertz CT molecular complexity index is 988. The van der Waals surface area contributed by atoms with Gasteiger partial charge in [-0.25, -0.2) is 0 Å². The van der Waals surface area contributed by atoms with Crippen molar-refractivity contribution in [2.45, 2.75) is 52.0 Å². The lowest BCUT2D eigenvalue weighted by atomic mass is 9.82. The van der Waals surface area contributed by atoms with Gasteiger partial charge in [-0.15, -0.1) is 0 Å². The van der Waals surface area contributed by atoms with Gasteiger partial charge in [-0.1, -0.05) is 50.1 Å². The van der Waals surface area contributed by atoms with Crippen molar-refractivity contribution >= 4 is 17.7 Å². The zero-order valence-corrected chi connectivity index (χ0v) is 23.1. The Morgan fingerprint density at radius 1 is 0.974 bits per heavy atom. The number of carbonyl (C=O) groups is 3. The van der Waals surface area contributed by atoms with E-state index in [1.807, 2.05) is 40.1 Å². The third-order valence-corrected chi connectivity index (χ3v) is 8.18. The summed E-state index contributed by atoms with van der Waals surface area (Å²) in [6, 6.07) is 7.76. The molecule has 8 heteroatoms. The molecule has 1 aromatic rings. The fourth-order valence-corrected chi connectivity index (χ4v) is 5.67. The molecule has 0 aromatic heterocycles. The van der Waals surface area contributed by atoms with Crippen LogP contribution in [-0.2, 0) is 20.9 Å². The SMILES string of the molecule is CCCCCC(=O)N1CC(=O)N2CC[C@@H](CC(=O)N3CCN(C)CC3)[C@@H](C=CCOc3ccccc3C1)C2. The molecule has 0 saturated carbocycles. The average Bonchev–Trinajstić information content (AvgIpc) is 2.93. The molecule has 3 aliphatic rings. The van der Waals surface area contributed by atoms with Gasteiger partial charge in [-0.2, -0.15) is 0 Å². The van der Waals surface area contributed by atoms with Crippen molar-refractivity contribution < 1.29 is 19.1 Å². The van der Waals surface area contributed by atoms with Gasteiger partial charge < -0.3 is 24.3 Å². The smallest absolute Gasteiger partial charge is 0.242 e. The Hall–Kier alpha value is -2.87. The number of benzene rings is 1. The summed E-state index contributed by atoms with van der Waals surface area (Å²) in [6.07, 6.45) is 8.77. The fraction of sp³-hybridized carbons (Fsp3) is 0.633. The van der Waals surface area contributed by atoms with Crippen molar-refractivity contribution in [3.05, 3.63) is 42.0 Å². The van der Waals surface area contributed by atoms with Gasteiger partial charge in [-0.3, -0.25) is 14.4 Å². The van der Waals surface area contributed by atoms with E-state index in [0.29, 0.717) is 39.1 Å². The highest BCUT2D eigenvalue weighted by Crippen LogP contribution is 2.30. The predicted octanol–water partition coefficient (Wildman–Crippen LogP) is 3.17. The molecule has 0 radical (unpaired) electrons. The highest BCUT2D eigenvalue weighted by molar-refractivity contribution is 5.85. The van der Waals surface area contributed by atoms with E-state index in [9.17, 15) is 14.4 Å². The van der Waals surface area contributed by atoms with Crippen LogP contribution in [0.15, 0.2) is 36.4 Å². The number of hydrogen-bond donors (Lipinski definition) is 0. The van der Waals surface area contributed by atoms with E-state index in [-0.39, 0.29) is 36.1 Å². The van der Waals surface area contributed by atoms with Gasteiger partial charge in [0.15, 0.2) is 0 Å². The first-order chi connectivity index (χ1) is 18.4. The zero-order chi connectivity index (χ0) is 26.9. The predicted molar refractivity (Wildman–Crippen MR) is 148 cm³/mol. The number of fused-ring (bicyclic) bond motifs is 3. The third-order valence-electron chi connectivity index (χ3n) is 8.18. The van der Waals surface area contributed by atoms with E-state index < -0.39 is 0 Å². The summed E-state index contributed by atoms with van der Waals surface area (Å²) in [4.78, 5) is 47.6. The molecule has 1 aromatic carbocycles. The van der Waals surface area contributed by atoms with E-state index in [4.69, 9.17) is 4.74 Å². The molecule has 3 aliphatic heterocycles. The Morgan fingerprint density at radius 3 is 2.55 bits per heavy atom. The van der Waals surface area contributed by atoms with Gasteiger partial charge in [0, 0.05) is 64.2 Å². The lowest BCUT2D eigenvalue weighted by molar-refractivity contribution is -0.143.